The lowest BCUT2D eigenvalue weighted by molar-refractivity contribution is -0.139. The maximum atomic E-state index is 12.0. The van der Waals surface area contributed by atoms with Gasteiger partial charge in [-0.05, 0) is 25.0 Å². The van der Waals surface area contributed by atoms with E-state index in [-0.39, 0.29) is 0 Å². The number of carboxylic acid groups (broad SMARTS) is 1. The van der Waals surface area contributed by atoms with Gasteiger partial charge in [0.05, 0.1) is 11.6 Å². The highest BCUT2D eigenvalue weighted by molar-refractivity contribution is 5.81. The van der Waals surface area contributed by atoms with Gasteiger partial charge in [-0.25, -0.2) is 9.97 Å². The summed E-state index contributed by atoms with van der Waals surface area (Å²) in [5.41, 5.74) is 4.07. The zero-order valence-corrected chi connectivity index (χ0v) is 16.2. The topological polar surface area (TPSA) is 63.1 Å². The molecular weight excluding hydrogens is 348 g/mol. The summed E-state index contributed by atoms with van der Waals surface area (Å²) in [6, 6.07) is 19.7. The first-order valence-corrected chi connectivity index (χ1v) is 9.50. The fourth-order valence-corrected chi connectivity index (χ4v) is 3.33. The van der Waals surface area contributed by atoms with Gasteiger partial charge in [-0.1, -0.05) is 80.1 Å². The molecule has 142 valence electrons. The Kier molecular flexibility index (Phi) is 6.33. The fourth-order valence-electron chi connectivity index (χ4n) is 3.33. The van der Waals surface area contributed by atoms with Crippen molar-refractivity contribution in [3.8, 4) is 11.3 Å². The molecule has 1 aromatic heterocycles. The summed E-state index contributed by atoms with van der Waals surface area (Å²) in [4.78, 5) is 21.3. The lowest BCUT2D eigenvalue weighted by Crippen LogP contribution is -2.16. The molecule has 0 fully saturated rings. The number of aromatic nitrogens is 2. The number of carbonyl (C=O) groups is 1. The summed E-state index contributed by atoms with van der Waals surface area (Å²) in [5.74, 6) is -0.879. The van der Waals surface area contributed by atoms with Crippen LogP contribution in [0.3, 0.4) is 0 Å². The molecule has 0 amide bonds. The van der Waals surface area contributed by atoms with E-state index in [1.807, 2.05) is 86.7 Å². The van der Waals surface area contributed by atoms with Gasteiger partial charge < -0.3 is 5.11 Å². The van der Waals surface area contributed by atoms with Crippen LogP contribution in [0.15, 0.2) is 60.7 Å². The number of hydrogen-bond acceptors (Lipinski definition) is 3. The van der Waals surface area contributed by atoms with Crippen molar-refractivity contribution in [2.45, 2.75) is 32.6 Å². The highest BCUT2D eigenvalue weighted by Crippen LogP contribution is 2.33. The molecule has 2 aromatic carbocycles. The molecule has 1 heterocycles. The second kappa shape index (κ2) is 9.09. The van der Waals surface area contributed by atoms with Crippen LogP contribution in [0, 0.1) is 6.92 Å². The molecule has 0 bridgehead atoms. The lowest BCUT2D eigenvalue weighted by atomic mass is 9.89. The molecule has 0 saturated heterocycles. The number of rotatable bonds is 7. The van der Waals surface area contributed by atoms with Crippen molar-refractivity contribution in [2.24, 2.45) is 0 Å². The van der Waals surface area contributed by atoms with Crippen LogP contribution in [0.25, 0.3) is 23.4 Å². The summed E-state index contributed by atoms with van der Waals surface area (Å²) < 4.78 is 0. The zero-order valence-electron chi connectivity index (χ0n) is 16.2. The van der Waals surface area contributed by atoms with E-state index in [9.17, 15) is 9.90 Å². The van der Waals surface area contributed by atoms with E-state index in [0.717, 1.165) is 17.5 Å². The minimum atomic E-state index is -0.835. The molecule has 0 spiro atoms. The normalized spacial score (nSPS) is 12.2. The van der Waals surface area contributed by atoms with E-state index in [1.165, 1.54) is 0 Å². The minimum absolute atomic E-state index is 0.554. The Morgan fingerprint density at radius 3 is 2.25 bits per heavy atom. The Hall–Kier alpha value is -3.27. The molecule has 3 rings (SSSR count). The number of nitrogens with zero attached hydrogens (tertiary/aromatic N) is 2. The second-order valence-corrected chi connectivity index (χ2v) is 6.72. The monoisotopic (exact) mass is 372 g/mol. The number of aryl methyl sites for hydroxylation is 1. The average molecular weight is 372 g/mol. The third-order valence-electron chi connectivity index (χ3n) is 4.65. The summed E-state index contributed by atoms with van der Waals surface area (Å²) in [5, 5.41) is 9.81. The van der Waals surface area contributed by atoms with Gasteiger partial charge >= 0.3 is 5.97 Å². The first-order chi connectivity index (χ1) is 13.6. The molecule has 0 saturated carbocycles. The first kappa shape index (κ1) is 19.5. The van der Waals surface area contributed by atoms with Crippen LogP contribution in [0.5, 0.6) is 0 Å². The van der Waals surface area contributed by atoms with Gasteiger partial charge in [0.25, 0.3) is 0 Å². The third kappa shape index (κ3) is 4.52. The smallest absolute Gasteiger partial charge is 0.311 e. The van der Waals surface area contributed by atoms with Gasteiger partial charge in [-0.2, -0.15) is 0 Å². The van der Waals surface area contributed by atoms with E-state index in [2.05, 4.69) is 4.98 Å². The molecule has 4 nitrogen and oxygen atoms in total. The molecule has 1 unspecified atom stereocenters. The van der Waals surface area contributed by atoms with Crippen molar-refractivity contribution in [1.29, 1.82) is 0 Å². The van der Waals surface area contributed by atoms with Crippen LogP contribution < -0.4 is 0 Å². The van der Waals surface area contributed by atoms with Gasteiger partial charge in [0.1, 0.15) is 0 Å². The number of benzene rings is 2. The van der Waals surface area contributed by atoms with Crippen LogP contribution in [0.1, 0.15) is 48.3 Å². The van der Waals surface area contributed by atoms with Gasteiger partial charge in [0.2, 0.25) is 0 Å². The highest BCUT2D eigenvalue weighted by atomic mass is 16.4. The summed E-state index contributed by atoms with van der Waals surface area (Å²) in [7, 11) is 0. The van der Waals surface area contributed by atoms with Crippen molar-refractivity contribution in [3.63, 3.8) is 0 Å². The Morgan fingerprint density at radius 2 is 1.64 bits per heavy atom. The lowest BCUT2D eigenvalue weighted by Gasteiger charge is -2.18. The molecule has 28 heavy (non-hydrogen) atoms. The Bertz CT molecular complexity index is 967. The predicted octanol–water partition coefficient (Wildman–Crippen LogP) is 5.59. The largest absolute Gasteiger partial charge is 0.481 e. The van der Waals surface area contributed by atoms with Crippen LogP contribution in [0.4, 0.5) is 0 Å². The third-order valence-corrected chi connectivity index (χ3v) is 4.65. The SMILES string of the molecule is CCCC(C(=O)O)c1c(C)nc(C=Cc2ccccc2)nc1-c1ccccc1. The first-order valence-electron chi connectivity index (χ1n) is 9.50. The Morgan fingerprint density at radius 1 is 1.00 bits per heavy atom. The summed E-state index contributed by atoms with van der Waals surface area (Å²) in [6.45, 7) is 3.86. The minimum Gasteiger partial charge on any atom is -0.481 e. The number of hydrogen-bond donors (Lipinski definition) is 1. The molecule has 0 aliphatic heterocycles. The average Bonchev–Trinajstić information content (AvgIpc) is 2.72. The van der Waals surface area contributed by atoms with Crippen LogP contribution >= 0.6 is 0 Å². The van der Waals surface area contributed by atoms with E-state index in [0.29, 0.717) is 29.2 Å². The van der Waals surface area contributed by atoms with Crippen molar-refractivity contribution in [1.82, 2.24) is 9.97 Å². The van der Waals surface area contributed by atoms with Crippen molar-refractivity contribution in [2.75, 3.05) is 0 Å². The van der Waals surface area contributed by atoms with Gasteiger partial charge in [0, 0.05) is 16.8 Å². The molecule has 3 aromatic rings. The molecule has 4 heteroatoms. The zero-order chi connectivity index (χ0) is 19.9. The van der Waals surface area contributed by atoms with Gasteiger partial charge in [-0.3, -0.25) is 4.79 Å². The van der Waals surface area contributed by atoms with Gasteiger partial charge in [-0.15, -0.1) is 0 Å². The maximum absolute atomic E-state index is 12.0. The predicted molar refractivity (Wildman–Crippen MR) is 113 cm³/mol. The van der Waals surface area contributed by atoms with Crippen LogP contribution in [0.2, 0.25) is 0 Å². The van der Waals surface area contributed by atoms with Crippen molar-refractivity contribution >= 4 is 18.1 Å². The Balaban J connectivity index is 2.12. The molecule has 0 aliphatic carbocycles. The maximum Gasteiger partial charge on any atom is 0.311 e. The van der Waals surface area contributed by atoms with Crippen LogP contribution in [-0.2, 0) is 4.79 Å². The number of carboxylic acids is 1. The number of aliphatic carboxylic acids is 1. The van der Waals surface area contributed by atoms with E-state index in [1.54, 1.807) is 0 Å². The Labute approximate surface area is 165 Å². The van der Waals surface area contributed by atoms with Gasteiger partial charge in [0.15, 0.2) is 5.82 Å². The van der Waals surface area contributed by atoms with E-state index in [4.69, 9.17) is 4.98 Å². The van der Waals surface area contributed by atoms with E-state index < -0.39 is 11.9 Å². The summed E-state index contributed by atoms with van der Waals surface area (Å²) >= 11 is 0. The van der Waals surface area contributed by atoms with Crippen LogP contribution in [-0.4, -0.2) is 21.0 Å². The molecule has 1 N–H and O–H groups in total. The standard InChI is InChI=1S/C24H24N2O2/c1-3-10-20(24(27)28)22-17(2)25-21(16-15-18-11-6-4-7-12-18)26-23(22)19-13-8-5-9-14-19/h4-9,11-16,20H,3,10H2,1-2H3,(H,27,28). The molecule has 1 atom stereocenters. The fraction of sp³-hybridized carbons (Fsp3) is 0.208. The summed E-state index contributed by atoms with van der Waals surface area (Å²) in [6.07, 6.45) is 5.16. The van der Waals surface area contributed by atoms with E-state index >= 15 is 0 Å². The van der Waals surface area contributed by atoms with Crippen molar-refractivity contribution in [3.05, 3.63) is 83.3 Å². The molecule has 0 radical (unpaired) electrons. The van der Waals surface area contributed by atoms with Crippen molar-refractivity contribution < 1.29 is 9.90 Å². The highest BCUT2D eigenvalue weighted by Gasteiger charge is 2.26. The molecular formula is C24H24N2O2. The molecule has 0 aliphatic rings. The quantitative estimate of drug-likeness (QED) is 0.587. The second-order valence-electron chi connectivity index (χ2n) is 6.72.